The van der Waals surface area contributed by atoms with Crippen molar-refractivity contribution in [2.24, 2.45) is 10.9 Å². The van der Waals surface area contributed by atoms with Gasteiger partial charge in [-0.05, 0) is 50.4 Å². The number of rotatable bonds is 10. The van der Waals surface area contributed by atoms with Crippen LogP contribution in [-0.2, 0) is 4.74 Å². The number of ether oxygens (including phenoxy) is 1. The smallest absolute Gasteiger partial charge is 0.0654 e. The van der Waals surface area contributed by atoms with Crippen molar-refractivity contribution < 1.29 is 4.74 Å². The van der Waals surface area contributed by atoms with Crippen LogP contribution in [0.25, 0.3) is 0 Å². The van der Waals surface area contributed by atoms with Gasteiger partial charge in [0.15, 0.2) is 0 Å². The first-order chi connectivity index (χ1) is 9.65. The van der Waals surface area contributed by atoms with Crippen LogP contribution in [0.15, 0.2) is 28.9 Å². The Kier molecular flexibility index (Phi) is 8.47. The number of allylic oxidation sites excluding steroid dienone is 2. The van der Waals surface area contributed by atoms with Crippen molar-refractivity contribution >= 4 is 6.72 Å². The van der Waals surface area contributed by atoms with Gasteiger partial charge in [-0.25, -0.2) is 0 Å². The molecule has 20 heavy (non-hydrogen) atoms. The topological polar surface area (TPSA) is 33.6 Å². The van der Waals surface area contributed by atoms with Crippen LogP contribution in [0.5, 0.6) is 0 Å². The third-order valence-corrected chi connectivity index (χ3v) is 3.62. The molecule has 0 aromatic carbocycles. The van der Waals surface area contributed by atoms with Gasteiger partial charge in [-0.2, -0.15) is 0 Å². The first-order valence-corrected chi connectivity index (χ1v) is 7.82. The second-order valence-corrected chi connectivity index (χ2v) is 5.90. The summed E-state index contributed by atoms with van der Waals surface area (Å²) in [7, 11) is 0. The SMILES string of the molecule is C=N/C=C(\C=C/CO[C@H]1C[C@@H](NCC)C1)CCC(C)C. The van der Waals surface area contributed by atoms with Crippen LogP contribution >= 0.6 is 0 Å². The Morgan fingerprint density at radius 3 is 2.80 bits per heavy atom. The van der Waals surface area contributed by atoms with Crippen molar-refractivity contribution in [1.29, 1.82) is 0 Å². The zero-order valence-electron chi connectivity index (χ0n) is 13.3. The molecule has 1 aliphatic carbocycles. The quantitative estimate of drug-likeness (QED) is 0.488. The number of nitrogens with zero attached hydrogens (tertiary/aromatic N) is 1. The zero-order chi connectivity index (χ0) is 14.8. The van der Waals surface area contributed by atoms with Gasteiger partial charge < -0.3 is 10.1 Å². The Morgan fingerprint density at radius 1 is 1.45 bits per heavy atom. The largest absolute Gasteiger partial charge is 0.374 e. The predicted molar refractivity (Wildman–Crippen MR) is 87.3 cm³/mol. The molecule has 1 saturated carbocycles. The molecule has 0 spiro atoms. The monoisotopic (exact) mass is 278 g/mol. The van der Waals surface area contributed by atoms with Crippen LogP contribution in [0.4, 0.5) is 0 Å². The van der Waals surface area contributed by atoms with Gasteiger partial charge in [0.2, 0.25) is 0 Å². The average Bonchev–Trinajstić information content (AvgIpc) is 2.37. The van der Waals surface area contributed by atoms with Gasteiger partial charge in [-0.1, -0.05) is 32.9 Å². The second-order valence-electron chi connectivity index (χ2n) is 5.90. The van der Waals surface area contributed by atoms with Crippen LogP contribution in [0.3, 0.4) is 0 Å². The Balaban J connectivity index is 2.18. The lowest BCUT2D eigenvalue weighted by Gasteiger charge is -2.35. The van der Waals surface area contributed by atoms with E-state index < -0.39 is 0 Å². The summed E-state index contributed by atoms with van der Waals surface area (Å²) < 4.78 is 5.81. The Labute approximate surface area is 124 Å². The molecule has 1 aliphatic rings. The van der Waals surface area contributed by atoms with Gasteiger partial charge in [-0.15, -0.1) is 0 Å². The van der Waals surface area contributed by atoms with E-state index in [1.54, 1.807) is 0 Å². The lowest BCUT2D eigenvalue weighted by Crippen LogP contribution is -2.45. The molecule has 0 aromatic heterocycles. The molecule has 0 unspecified atom stereocenters. The minimum absolute atomic E-state index is 0.435. The number of nitrogens with one attached hydrogen (secondary N) is 1. The van der Waals surface area contributed by atoms with Crippen LogP contribution in [-0.4, -0.2) is 32.0 Å². The molecule has 0 radical (unpaired) electrons. The maximum Gasteiger partial charge on any atom is 0.0654 e. The molecule has 0 aliphatic heterocycles. The molecule has 3 nitrogen and oxygen atoms in total. The molecule has 1 N–H and O–H groups in total. The summed E-state index contributed by atoms with van der Waals surface area (Å²) in [6.07, 6.45) is 11.0. The highest BCUT2D eigenvalue weighted by molar-refractivity contribution is 5.29. The summed E-state index contributed by atoms with van der Waals surface area (Å²) in [5.41, 5.74) is 1.23. The minimum atomic E-state index is 0.435. The summed E-state index contributed by atoms with van der Waals surface area (Å²) in [5, 5.41) is 3.44. The van der Waals surface area contributed by atoms with Crippen LogP contribution in [0.2, 0.25) is 0 Å². The lowest BCUT2D eigenvalue weighted by molar-refractivity contribution is -0.00159. The van der Waals surface area contributed by atoms with E-state index in [1.807, 2.05) is 6.20 Å². The molecule has 0 heterocycles. The van der Waals surface area contributed by atoms with Crippen LogP contribution < -0.4 is 5.32 Å². The first kappa shape index (κ1) is 17.1. The number of hydrogen-bond donors (Lipinski definition) is 1. The standard InChI is InChI=1S/C17H30N2O/c1-5-19-16-11-17(12-16)20-10-6-7-15(13-18-4)9-8-14(2)3/h6-7,13-14,16-17,19H,4-5,8-12H2,1-3H3/b7-6-,15-13+/t16-,17+. The van der Waals surface area contributed by atoms with Gasteiger partial charge in [0.1, 0.15) is 0 Å². The van der Waals surface area contributed by atoms with Crippen molar-refractivity contribution in [2.45, 2.75) is 58.6 Å². The van der Waals surface area contributed by atoms with Crippen LogP contribution in [0.1, 0.15) is 46.5 Å². The van der Waals surface area contributed by atoms with E-state index in [0.29, 0.717) is 24.7 Å². The van der Waals surface area contributed by atoms with Crippen molar-refractivity contribution in [3.8, 4) is 0 Å². The molecule has 1 rings (SSSR count). The van der Waals surface area contributed by atoms with Crippen LogP contribution in [0, 0.1) is 5.92 Å². The third-order valence-electron chi connectivity index (χ3n) is 3.62. The molecule has 0 bridgehead atoms. The normalized spacial score (nSPS) is 23.3. The average molecular weight is 278 g/mol. The summed E-state index contributed by atoms with van der Waals surface area (Å²) in [6.45, 7) is 11.9. The fourth-order valence-corrected chi connectivity index (χ4v) is 2.31. The molecule has 0 atom stereocenters. The molecule has 3 heteroatoms. The molecule has 0 saturated heterocycles. The fourth-order valence-electron chi connectivity index (χ4n) is 2.31. The van der Waals surface area contributed by atoms with Gasteiger partial charge in [0, 0.05) is 12.2 Å². The highest BCUT2D eigenvalue weighted by Crippen LogP contribution is 2.23. The summed E-state index contributed by atoms with van der Waals surface area (Å²) in [4.78, 5) is 3.87. The lowest BCUT2D eigenvalue weighted by atomic mass is 9.89. The summed E-state index contributed by atoms with van der Waals surface area (Å²) >= 11 is 0. The van der Waals surface area contributed by atoms with E-state index in [9.17, 15) is 0 Å². The maximum absolute atomic E-state index is 5.81. The maximum atomic E-state index is 5.81. The van der Waals surface area contributed by atoms with E-state index in [1.165, 1.54) is 12.0 Å². The number of aliphatic imine (C=N–C) groups is 1. The molecule has 114 valence electrons. The van der Waals surface area contributed by atoms with E-state index in [-0.39, 0.29) is 0 Å². The molecular weight excluding hydrogens is 248 g/mol. The fraction of sp³-hybridized carbons (Fsp3) is 0.706. The summed E-state index contributed by atoms with van der Waals surface area (Å²) in [5.74, 6) is 0.714. The predicted octanol–water partition coefficient (Wildman–Crippen LogP) is 3.72. The Hall–Kier alpha value is -0.930. The van der Waals surface area contributed by atoms with Crippen molar-refractivity contribution in [2.75, 3.05) is 13.2 Å². The third kappa shape index (κ3) is 7.01. The van der Waals surface area contributed by atoms with Crippen molar-refractivity contribution in [1.82, 2.24) is 5.32 Å². The van der Waals surface area contributed by atoms with Gasteiger partial charge in [0.25, 0.3) is 0 Å². The molecule has 0 amide bonds. The molecule has 1 fully saturated rings. The molecule has 0 aromatic rings. The van der Waals surface area contributed by atoms with E-state index in [4.69, 9.17) is 4.74 Å². The second kappa shape index (κ2) is 9.89. The summed E-state index contributed by atoms with van der Waals surface area (Å²) in [6, 6.07) is 0.667. The van der Waals surface area contributed by atoms with E-state index in [2.05, 4.69) is 49.9 Å². The van der Waals surface area contributed by atoms with E-state index >= 15 is 0 Å². The highest BCUT2D eigenvalue weighted by atomic mass is 16.5. The van der Waals surface area contributed by atoms with E-state index in [0.717, 1.165) is 25.8 Å². The van der Waals surface area contributed by atoms with Crippen molar-refractivity contribution in [3.63, 3.8) is 0 Å². The first-order valence-electron chi connectivity index (χ1n) is 7.82. The minimum Gasteiger partial charge on any atom is -0.374 e. The van der Waals surface area contributed by atoms with Gasteiger partial charge in [-0.3, -0.25) is 4.99 Å². The van der Waals surface area contributed by atoms with Crippen molar-refractivity contribution in [3.05, 3.63) is 23.9 Å². The Morgan fingerprint density at radius 2 is 2.20 bits per heavy atom. The zero-order valence-corrected chi connectivity index (χ0v) is 13.3. The van der Waals surface area contributed by atoms with Gasteiger partial charge >= 0.3 is 0 Å². The molecular formula is C17H30N2O. The Bertz CT molecular complexity index is 328. The highest BCUT2D eigenvalue weighted by Gasteiger charge is 2.28. The number of hydrogen-bond acceptors (Lipinski definition) is 3. The van der Waals surface area contributed by atoms with Gasteiger partial charge in [0.05, 0.1) is 12.7 Å².